The summed E-state index contributed by atoms with van der Waals surface area (Å²) < 4.78 is 0. The summed E-state index contributed by atoms with van der Waals surface area (Å²) in [5, 5.41) is 4.59. The maximum Gasteiger partial charge on any atom is 0.163 e. The Labute approximate surface area is 265 Å². The van der Waals surface area contributed by atoms with Gasteiger partial charge in [-0.15, -0.1) is 0 Å². The lowest BCUT2D eigenvalue weighted by Gasteiger charge is -2.41. The molecule has 4 rings (SSSR count). The molecule has 1 aliphatic carbocycles. The molecular formula is C42H57Si. The van der Waals surface area contributed by atoms with Crippen LogP contribution in [0.15, 0.2) is 78.4 Å². The average molecular weight is 590 g/mol. The van der Waals surface area contributed by atoms with E-state index in [-0.39, 0.29) is 0 Å². The summed E-state index contributed by atoms with van der Waals surface area (Å²) in [5.41, 5.74) is 11.7. The Balaban J connectivity index is 2.31. The normalized spacial score (nSPS) is 14.4. The Hall–Kier alpha value is -2.64. The first-order chi connectivity index (χ1) is 20.2. The van der Waals surface area contributed by atoms with E-state index in [1.54, 1.807) is 0 Å². The van der Waals surface area contributed by atoms with Crippen molar-refractivity contribution in [3.63, 3.8) is 0 Å². The van der Waals surface area contributed by atoms with E-state index in [1.807, 2.05) is 0 Å². The number of rotatable bonds is 10. The first-order valence-electron chi connectivity index (χ1n) is 16.9. The van der Waals surface area contributed by atoms with Crippen LogP contribution in [0, 0.1) is 5.54 Å². The second-order valence-corrected chi connectivity index (χ2v) is 18.7. The van der Waals surface area contributed by atoms with Crippen LogP contribution in [0.4, 0.5) is 0 Å². The van der Waals surface area contributed by atoms with Gasteiger partial charge in [0.1, 0.15) is 0 Å². The zero-order valence-electron chi connectivity index (χ0n) is 29.4. The molecule has 229 valence electrons. The predicted molar refractivity (Wildman–Crippen MR) is 195 cm³/mol. The third-order valence-electron chi connectivity index (χ3n) is 9.67. The van der Waals surface area contributed by atoms with Crippen LogP contribution in [0.5, 0.6) is 0 Å². The molecule has 0 aromatic heterocycles. The lowest BCUT2D eigenvalue weighted by atomic mass is 9.95. The Bertz CT molecular complexity index is 1260. The van der Waals surface area contributed by atoms with E-state index < -0.39 is 8.07 Å². The quantitative estimate of drug-likeness (QED) is 0.163. The lowest BCUT2D eigenvalue weighted by Crippen LogP contribution is -2.71. The highest BCUT2D eigenvalue weighted by molar-refractivity contribution is 7.16. The third-order valence-corrected chi connectivity index (χ3v) is 14.5. The molecule has 3 aromatic carbocycles. The van der Waals surface area contributed by atoms with E-state index in [0.29, 0.717) is 35.5 Å². The molecule has 0 amide bonds. The van der Waals surface area contributed by atoms with Gasteiger partial charge >= 0.3 is 0 Å². The van der Waals surface area contributed by atoms with Crippen LogP contribution >= 0.6 is 0 Å². The molecule has 1 aliphatic rings. The lowest BCUT2D eigenvalue weighted by molar-refractivity contribution is 0.834. The monoisotopic (exact) mass is 589 g/mol. The summed E-state index contributed by atoms with van der Waals surface area (Å²) in [4.78, 5) is 0. The van der Waals surface area contributed by atoms with Gasteiger partial charge in [0.05, 0.1) is 0 Å². The Kier molecular flexibility index (Phi) is 10.2. The molecule has 0 fully saturated rings. The number of hydrogen-bond donors (Lipinski definition) is 0. The van der Waals surface area contributed by atoms with Crippen molar-refractivity contribution in [1.82, 2.24) is 0 Å². The van der Waals surface area contributed by atoms with Gasteiger partial charge in [-0.3, -0.25) is 0 Å². The highest BCUT2D eigenvalue weighted by Gasteiger charge is 2.48. The van der Waals surface area contributed by atoms with E-state index in [0.717, 1.165) is 0 Å². The summed E-state index contributed by atoms with van der Waals surface area (Å²) in [6, 6.07) is 23.0. The van der Waals surface area contributed by atoms with Crippen LogP contribution in [0.25, 0.3) is 0 Å². The molecule has 0 atom stereocenters. The van der Waals surface area contributed by atoms with Gasteiger partial charge in [0.2, 0.25) is 0 Å². The van der Waals surface area contributed by atoms with Crippen molar-refractivity contribution in [2.75, 3.05) is 0 Å². The molecule has 0 saturated heterocycles. The smallest absolute Gasteiger partial charge is 0.0750 e. The van der Waals surface area contributed by atoms with Crippen molar-refractivity contribution >= 4 is 23.6 Å². The predicted octanol–water partition coefficient (Wildman–Crippen LogP) is 10.5. The fraction of sp³-hybridized carbons (Fsp3) is 0.452. The van der Waals surface area contributed by atoms with Gasteiger partial charge in [0, 0.05) is 5.54 Å². The fourth-order valence-corrected chi connectivity index (χ4v) is 11.8. The van der Waals surface area contributed by atoms with Crippen molar-refractivity contribution in [2.45, 2.75) is 126 Å². The van der Waals surface area contributed by atoms with Gasteiger partial charge in [-0.2, -0.15) is 0 Å². The summed E-state index contributed by atoms with van der Waals surface area (Å²) in [7, 11) is -2.76. The largest absolute Gasteiger partial charge is 0.163 e. The molecule has 1 heteroatoms. The van der Waals surface area contributed by atoms with Crippen molar-refractivity contribution in [1.29, 1.82) is 0 Å². The minimum atomic E-state index is -2.76. The standard InChI is InChI=1S/C42H57Si/c1-26(2)33-17-34(27(3)4)21-39(20-33)43(42-16-14-15-32(42)13,40-22-35(28(5)6)18-36(23-40)29(7)8)41-24-37(30(9)10)19-38(25-41)31(11)12/h14-31H,1-13H3. The van der Waals surface area contributed by atoms with Crippen LogP contribution in [-0.4, -0.2) is 8.07 Å². The minimum absolute atomic E-state index is 0.464. The second-order valence-electron chi connectivity index (χ2n) is 15.0. The minimum Gasteiger partial charge on any atom is -0.0750 e. The van der Waals surface area contributed by atoms with Crippen LogP contribution in [-0.2, 0) is 0 Å². The Morgan fingerprint density at radius 1 is 0.395 bits per heavy atom. The highest BCUT2D eigenvalue weighted by Crippen LogP contribution is 2.35. The van der Waals surface area contributed by atoms with Gasteiger partial charge < -0.3 is 0 Å². The van der Waals surface area contributed by atoms with E-state index in [2.05, 4.69) is 163 Å². The zero-order chi connectivity index (χ0) is 31.8. The van der Waals surface area contributed by atoms with Crippen LogP contribution in [0.1, 0.15) is 159 Å². The molecule has 0 spiro atoms. The third kappa shape index (κ3) is 6.58. The average Bonchev–Trinajstić information content (AvgIpc) is 3.38. The van der Waals surface area contributed by atoms with Gasteiger partial charge in [-0.25, -0.2) is 0 Å². The van der Waals surface area contributed by atoms with Crippen molar-refractivity contribution in [3.8, 4) is 0 Å². The molecule has 0 heterocycles. The van der Waals surface area contributed by atoms with E-state index >= 15 is 0 Å². The molecule has 0 bridgehead atoms. The van der Waals surface area contributed by atoms with Crippen molar-refractivity contribution < 1.29 is 0 Å². The van der Waals surface area contributed by atoms with E-state index in [4.69, 9.17) is 0 Å². The van der Waals surface area contributed by atoms with Gasteiger partial charge in [0.25, 0.3) is 0 Å². The molecule has 0 N–H and O–H groups in total. The molecule has 0 saturated carbocycles. The summed E-state index contributed by atoms with van der Waals surface area (Å²) in [6.07, 6.45) is 7.11. The maximum atomic E-state index is 2.60. The van der Waals surface area contributed by atoms with E-state index in [1.165, 1.54) is 60.1 Å². The Morgan fingerprint density at radius 3 is 0.837 bits per heavy atom. The number of benzene rings is 3. The van der Waals surface area contributed by atoms with Gasteiger partial charge in [-0.1, -0.05) is 161 Å². The highest BCUT2D eigenvalue weighted by atomic mass is 28.3. The van der Waals surface area contributed by atoms with E-state index in [9.17, 15) is 0 Å². The summed E-state index contributed by atoms with van der Waals surface area (Å²) >= 11 is 0. The SMILES string of the molecule is CC1=CC=C[C]1[Si](c1cc(C(C)C)cc(C(C)C)c1)(c1cc(C(C)C)cc(C(C)C)c1)c1cc(C(C)C)cc(C(C)C)c1. The van der Waals surface area contributed by atoms with Crippen molar-refractivity contribution in [3.05, 3.63) is 117 Å². The molecule has 0 unspecified atom stereocenters. The second kappa shape index (κ2) is 13.2. The van der Waals surface area contributed by atoms with Crippen LogP contribution in [0.2, 0.25) is 0 Å². The number of hydrogen-bond acceptors (Lipinski definition) is 0. The first kappa shape index (κ1) is 33.3. The molecule has 0 nitrogen and oxygen atoms in total. The topological polar surface area (TPSA) is 0 Å². The first-order valence-corrected chi connectivity index (χ1v) is 18.9. The van der Waals surface area contributed by atoms with Crippen LogP contribution < -0.4 is 15.6 Å². The molecular weight excluding hydrogens is 533 g/mol. The zero-order valence-corrected chi connectivity index (χ0v) is 30.4. The maximum absolute atomic E-state index is 2.76. The molecule has 3 aromatic rings. The van der Waals surface area contributed by atoms with Crippen LogP contribution in [0.3, 0.4) is 0 Å². The van der Waals surface area contributed by atoms with Crippen molar-refractivity contribution in [2.24, 2.45) is 0 Å². The Morgan fingerprint density at radius 2 is 0.651 bits per heavy atom. The summed E-state index contributed by atoms with van der Waals surface area (Å²) in [5.74, 6) is 2.79. The fourth-order valence-electron chi connectivity index (χ4n) is 6.58. The van der Waals surface area contributed by atoms with Gasteiger partial charge in [0.15, 0.2) is 8.07 Å². The molecule has 1 radical (unpaired) electrons. The van der Waals surface area contributed by atoms with Gasteiger partial charge in [-0.05, 0) is 91.4 Å². The molecule has 0 aliphatic heterocycles. The number of allylic oxidation sites excluding steroid dienone is 4. The molecule has 43 heavy (non-hydrogen) atoms. The summed E-state index contributed by atoms with van der Waals surface area (Å²) in [6.45, 7) is 30.6.